The van der Waals surface area contributed by atoms with Gasteiger partial charge in [-0.2, -0.15) is 0 Å². The quantitative estimate of drug-likeness (QED) is 0.394. The van der Waals surface area contributed by atoms with Gasteiger partial charge in [-0.3, -0.25) is 20.2 Å². The van der Waals surface area contributed by atoms with E-state index >= 15 is 0 Å². The normalized spacial score (nSPS) is 25.5. The Morgan fingerprint density at radius 2 is 2.38 bits per heavy atom. The molecule has 1 heterocycles. The maximum absolute atomic E-state index is 11.2. The van der Waals surface area contributed by atoms with Gasteiger partial charge >= 0.3 is 0 Å². The molecule has 2 amide bonds. The van der Waals surface area contributed by atoms with Gasteiger partial charge in [0.2, 0.25) is 11.8 Å². The van der Waals surface area contributed by atoms with Gasteiger partial charge in [-0.1, -0.05) is 6.92 Å². The molecule has 2 unspecified atom stereocenters. The monoisotopic (exact) mass is 186 g/mol. The van der Waals surface area contributed by atoms with E-state index in [4.69, 9.17) is 0 Å². The minimum Gasteiger partial charge on any atom is -0.379 e. The summed E-state index contributed by atoms with van der Waals surface area (Å²) in [5.74, 6) is -0.585. The Balaban J connectivity index is 2.42. The molecule has 0 saturated carbocycles. The summed E-state index contributed by atoms with van der Waals surface area (Å²) < 4.78 is 0. The number of carbonyl (C=O) groups is 2. The fourth-order valence-corrected chi connectivity index (χ4v) is 1.20. The fourth-order valence-electron chi connectivity index (χ4n) is 1.20. The molecule has 0 aromatic heterocycles. The van der Waals surface area contributed by atoms with Gasteiger partial charge in [0, 0.05) is 6.42 Å². The second-order valence-electron chi connectivity index (χ2n) is 3.09. The minimum atomic E-state index is -0.677. The molecular weight excluding hydrogens is 172 g/mol. The van der Waals surface area contributed by atoms with E-state index in [9.17, 15) is 14.7 Å². The van der Waals surface area contributed by atoms with Crippen molar-refractivity contribution in [3.63, 3.8) is 0 Å². The second kappa shape index (κ2) is 4.34. The summed E-state index contributed by atoms with van der Waals surface area (Å²) >= 11 is 0. The number of piperidine rings is 1. The van der Waals surface area contributed by atoms with E-state index in [1.807, 2.05) is 6.92 Å². The number of carbonyl (C=O) groups excluding carboxylic acids is 2. The van der Waals surface area contributed by atoms with Crippen LogP contribution in [0.15, 0.2) is 0 Å². The second-order valence-corrected chi connectivity index (χ2v) is 3.09. The van der Waals surface area contributed by atoms with Gasteiger partial charge in [-0.15, -0.1) is 0 Å². The number of imide groups is 1. The van der Waals surface area contributed by atoms with E-state index in [0.717, 1.165) is 0 Å². The van der Waals surface area contributed by atoms with E-state index in [-0.39, 0.29) is 11.8 Å². The van der Waals surface area contributed by atoms with Crippen LogP contribution in [0.2, 0.25) is 0 Å². The Bertz CT molecular complexity index is 217. The number of aliphatic hydroxyl groups excluding tert-OH is 1. The molecular formula is C8H14N2O3. The Morgan fingerprint density at radius 1 is 1.69 bits per heavy atom. The molecule has 0 aromatic rings. The number of hydrogen-bond acceptors (Lipinski definition) is 4. The fraction of sp³-hybridized carbons (Fsp3) is 0.750. The van der Waals surface area contributed by atoms with Gasteiger partial charge in [0.05, 0.1) is 6.04 Å². The van der Waals surface area contributed by atoms with Crippen LogP contribution in [-0.4, -0.2) is 29.2 Å². The molecule has 1 aliphatic heterocycles. The summed E-state index contributed by atoms with van der Waals surface area (Å²) in [6.45, 7) is 1.81. The van der Waals surface area contributed by atoms with Crippen LogP contribution in [-0.2, 0) is 9.59 Å². The Labute approximate surface area is 76.5 Å². The molecule has 1 fully saturated rings. The first-order chi connectivity index (χ1) is 6.13. The zero-order valence-corrected chi connectivity index (χ0v) is 7.54. The predicted octanol–water partition coefficient (Wildman–Crippen LogP) is -0.890. The van der Waals surface area contributed by atoms with Gasteiger partial charge in [-0.25, -0.2) is 0 Å². The van der Waals surface area contributed by atoms with Gasteiger partial charge in [0.1, 0.15) is 6.23 Å². The lowest BCUT2D eigenvalue weighted by atomic mass is 10.1. The van der Waals surface area contributed by atoms with Crippen molar-refractivity contribution >= 4 is 11.8 Å². The van der Waals surface area contributed by atoms with Crippen LogP contribution in [0.25, 0.3) is 0 Å². The summed E-state index contributed by atoms with van der Waals surface area (Å²) in [5, 5.41) is 14.2. The summed E-state index contributed by atoms with van der Waals surface area (Å²) in [4.78, 5) is 21.9. The van der Waals surface area contributed by atoms with Crippen molar-refractivity contribution in [1.82, 2.24) is 10.6 Å². The summed E-state index contributed by atoms with van der Waals surface area (Å²) in [6.07, 6.45) is 0.656. The van der Waals surface area contributed by atoms with Crippen molar-refractivity contribution in [2.24, 2.45) is 0 Å². The summed E-state index contributed by atoms with van der Waals surface area (Å²) in [7, 11) is 0. The lowest BCUT2D eigenvalue weighted by Gasteiger charge is -2.24. The average molecular weight is 186 g/mol. The van der Waals surface area contributed by atoms with Crippen LogP contribution in [0.3, 0.4) is 0 Å². The van der Waals surface area contributed by atoms with Crippen molar-refractivity contribution in [2.45, 2.75) is 38.5 Å². The van der Waals surface area contributed by atoms with Crippen molar-refractivity contribution in [1.29, 1.82) is 0 Å². The van der Waals surface area contributed by atoms with Crippen LogP contribution < -0.4 is 10.6 Å². The third-order valence-electron chi connectivity index (χ3n) is 2.02. The van der Waals surface area contributed by atoms with E-state index in [0.29, 0.717) is 19.3 Å². The highest BCUT2D eigenvalue weighted by molar-refractivity contribution is 6.00. The van der Waals surface area contributed by atoms with Crippen LogP contribution in [0.4, 0.5) is 0 Å². The Hall–Kier alpha value is -0.940. The molecule has 0 bridgehead atoms. The zero-order chi connectivity index (χ0) is 9.84. The molecule has 1 aliphatic rings. The maximum atomic E-state index is 11.2. The van der Waals surface area contributed by atoms with Crippen molar-refractivity contribution in [3.8, 4) is 0 Å². The van der Waals surface area contributed by atoms with E-state index < -0.39 is 12.3 Å². The maximum Gasteiger partial charge on any atom is 0.243 e. The number of aliphatic hydroxyl groups is 1. The number of amides is 2. The van der Waals surface area contributed by atoms with Gasteiger partial charge < -0.3 is 5.11 Å². The van der Waals surface area contributed by atoms with Crippen molar-refractivity contribution in [2.75, 3.05) is 0 Å². The van der Waals surface area contributed by atoms with E-state index in [1.54, 1.807) is 0 Å². The molecule has 0 radical (unpaired) electrons. The third-order valence-corrected chi connectivity index (χ3v) is 2.02. The number of nitrogens with one attached hydrogen (secondary N) is 2. The van der Waals surface area contributed by atoms with Crippen LogP contribution in [0, 0.1) is 0 Å². The lowest BCUT2D eigenvalue weighted by Crippen LogP contribution is -2.53. The molecule has 74 valence electrons. The highest BCUT2D eigenvalue weighted by Gasteiger charge is 2.27. The molecule has 5 heteroatoms. The van der Waals surface area contributed by atoms with Crippen molar-refractivity contribution in [3.05, 3.63) is 0 Å². The molecule has 1 rings (SSSR count). The molecule has 1 saturated heterocycles. The Kier molecular flexibility index (Phi) is 3.39. The molecule has 0 aliphatic carbocycles. The summed E-state index contributed by atoms with van der Waals surface area (Å²) in [5.41, 5.74) is 0. The number of hydrogen-bond donors (Lipinski definition) is 3. The van der Waals surface area contributed by atoms with Gasteiger partial charge in [-0.05, 0) is 12.8 Å². The third kappa shape index (κ3) is 2.78. The highest BCUT2D eigenvalue weighted by Crippen LogP contribution is 2.05. The first-order valence-corrected chi connectivity index (χ1v) is 4.41. The molecule has 2 atom stereocenters. The summed E-state index contributed by atoms with van der Waals surface area (Å²) in [6, 6.07) is -0.437. The average Bonchev–Trinajstić information content (AvgIpc) is 2.09. The van der Waals surface area contributed by atoms with Gasteiger partial charge in [0.15, 0.2) is 0 Å². The zero-order valence-electron chi connectivity index (χ0n) is 7.54. The van der Waals surface area contributed by atoms with Crippen LogP contribution in [0.5, 0.6) is 0 Å². The predicted molar refractivity (Wildman–Crippen MR) is 45.6 cm³/mol. The molecule has 5 nitrogen and oxygen atoms in total. The van der Waals surface area contributed by atoms with Crippen molar-refractivity contribution < 1.29 is 14.7 Å². The highest BCUT2D eigenvalue weighted by atomic mass is 16.3. The topological polar surface area (TPSA) is 78.4 Å². The SMILES string of the molecule is CCC(O)NC1CCC(=O)NC1=O. The molecule has 0 aromatic carbocycles. The first-order valence-electron chi connectivity index (χ1n) is 4.41. The van der Waals surface area contributed by atoms with E-state index in [1.165, 1.54) is 0 Å². The number of rotatable bonds is 3. The smallest absolute Gasteiger partial charge is 0.243 e. The van der Waals surface area contributed by atoms with Gasteiger partial charge in [0.25, 0.3) is 0 Å². The van der Waals surface area contributed by atoms with Crippen LogP contribution in [0.1, 0.15) is 26.2 Å². The largest absolute Gasteiger partial charge is 0.379 e. The minimum absolute atomic E-state index is 0.242. The lowest BCUT2D eigenvalue weighted by molar-refractivity contribution is -0.135. The Morgan fingerprint density at radius 3 is 2.92 bits per heavy atom. The molecule has 13 heavy (non-hydrogen) atoms. The molecule has 0 spiro atoms. The van der Waals surface area contributed by atoms with E-state index in [2.05, 4.69) is 10.6 Å². The standard InChI is InChI=1S/C8H14N2O3/c1-2-6(11)9-5-3-4-7(12)10-8(5)13/h5-6,9,11H,2-4H2,1H3,(H,10,12,13). The van der Waals surface area contributed by atoms with Crippen LogP contribution >= 0.6 is 0 Å². The first kappa shape index (κ1) is 10.1. The molecule has 3 N–H and O–H groups in total.